The van der Waals surface area contributed by atoms with Crippen molar-refractivity contribution in [2.75, 3.05) is 19.3 Å². The van der Waals surface area contributed by atoms with Crippen LogP contribution in [0.4, 0.5) is 5.69 Å². The average molecular weight is 247 g/mol. The molecule has 1 aliphatic carbocycles. The van der Waals surface area contributed by atoms with Crippen LogP contribution in [-0.2, 0) is 15.0 Å². The van der Waals surface area contributed by atoms with Crippen molar-refractivity contribution in [2.45, 2.75) is 18.3 Å². The molecule has 0 radical (unpaired) electrons. The van der Waals surface area contributed by atoms with Crippen molar-refractivity contribution in [2.24, 2.45) is 0 Å². The minimum absolute atomic E-state index is 0.0199. The molecule has 4 N–H and O–H groups in total. The molecule has 0 heterocycles. The molecule has 5 heteroatoms. The van der Waals surface area contributed by atoms with Gasteiger partial charge in [-0.3, -0.25) is 9.59 Å². The monoisotopic (exact) mass is 247 g/mol. The van der Waals surface area contributed by atoms with Crippen molar-refractivity contribution in [3.63, 3.8) is 0 Å². The molecule has 0 saturated heterocycles. The molecule has 1 saturated carbocycles. The predicted molar refractivity (Wildman–Crippen MR) is 68.8 cm³/mol. The topological polar surface area (TPSA) is 84.2 Å². The lowest BCUT2D eigenvalue weighted by Gasteiger charge is -2.15. The standard InChI is InChI=1S/C13H17N3O2/c1-15-11(17)8-16-12(18)13(6-7-13)9-2-4-10(14)5-3-9/h2-5H,6-8,14H2,1H3,(H,15,17)(H,16,18). The van der Waals surface area contributed by atoms with E-state index < -0.39 is 5.41 Å². The van der Waals surface area contributed by atoms with Gasteiger partial charge in [-0.25, -0.2) is 0 Å². The summed E-state index contributed by atoms with van der Waals surface area (Å²) in [5, 5.41) is 5.14. The van der Waals surface area contributed by atoms with Gasteiger partial charge < -0.3 is 16.4 Å². The smallest absolute Gasteiger partial charge is 0.239 e. The number of carbonyl (C=O) groups excluding carboxylic acids is 2. The third kappa shape index (κ3) is 2.30. The highest BCUT2D eigenvalue weighted by molar-refractivity contribution is 5.93. The van der Waals surface area contributed by atoms with Crippen LogP contribution in [0.5, 0.6) is 0 Å². The highest BCUT2D eigenvalue weighted by Crippen LogP contribution is 2.48. The molecule has 18 heavy (non-hydrogen) atoms. The second kappa shape index (κ2) is 4.68. The van der Waals surface area contributed by atoms with Crippen LogP contribution in [0.15, 0.2) is 24.3 Å². The second-order valence-corrected chi connectivity index (χ2v) is 4.56. The molecule has 0 unspecified atom stereocenters. The summed E-state index contributed by atoms with van der Waals surface area (Å²) in [5.41, 5.74) is 6.82. The van der Waals surface area contributed by atoms with Gasteiger partial charge in [-0.2, -0.15) is 0 Å². The zero-order valence-corrected chi connectivity index (χ0v) is 10.3. The highest BCUT2D eigenvalue weighted by Gasteiger charge is 2.51. The summed E-state index contributed by atoms with van der Waals surface area (Å²) in [6, 6.07) is 7.34. The van der Waals surface area contributed by atoms with Crippen LogP contribution >= 0.6 is 0 Å². The summed E-state index contributed by atoms with van der Waals surface area (Å²) in [4.78, 5) is 23.2. The first-order valence-electron chi connectivity index (χ1n) is 5.93. The summed E-state index contributed by atoms with van der Waals surface area (Å²) in [5.74, 6) is -0.285. The molecule has 96 valence electrons. The minimum Gasteiger partial charge on any atom is -0.399 e. The molecule has 0 bridgehead atoms. The fraction of sp³-hybridized carbons (Fsp3) is 0.385. The van der Waals surface area contributed by atoms with E-state index in [1.54, 1.807) is 19.2 Å². The van der Waals surface area contributed by atoms with Crippen LogP contribution in [0.2, 0.25) is 0 Å². The zero-order valence-electron chi connectivity index (χ0n) is 10.3. The quantitative estimate of drug-likeness (QED) is 0.663. The van der Waals surface area contributed by atoms with E-state index in [2.05, 4.69) is 10.6 Å². The molecule has 0 spiro atoms. The van der Waals surface area contributed by atoms with E-state index in [0.717, 1.165) is 18.4 Å². The molecule has 0 aliphatic heterocycles. The van der Waals surface area contributed by atoms with Gasteiger partial charge in [0.15, 0.2) is 0 Å². The SMILES string of the molecule is CNC(=O)CNC(=O)C1(c2ccc(N)cc2)CC1. The van der Waals surface area contributed by atoms with E-state index >= 15 is 0 Å². The maximum atomic E-state index is 12.1. The second-order valence-electron chi connectivity index (χ2n) is 4.56. The van der Waals surface area contributed by atoms with Gasteiger partial charge in [-0.15, -0.1) is 0 Å². The Labute approximate surface area is 106 Å². The third-order valence-corrected chi connectivity index (χ3v) is 3.34. The zero-order chi connectivity index (χ0) is 13.2. The lowest BCUT2D eigenvalue weighted by molar-refractivity contribution is -0.127. The van der Waals surface area contributed by atoms with Crippen molar-refractivity contribution in [1.29, 1.82) is 0 Å². The van der Waals surface area contributed by atoms with Crippen LogP contribution in [0.3, 0.4) is 0 Å². The summed E-state index contributed by atoms with van der Waals surface area (Å²) < 4.78 is 0. The van der Waals surface area contributed by atoms with Crippen molar-refractivity contribution >= 4 is 17.5 Å². The molecule has 0 atom stereocenters. The lowest BCUT2D eigenvalue weighted by Crippen LogP contribution is -2.40. The molecule has 1 aromatic rings. The Hall–Kier alpha value is -2.04. The van der Waals surface area contributed by atoms with Gasteiger partial charge in [0.25, 0.3) is 0 Å². The number of carbonyl (C=O) groups is 2. The van der Waals surface area contributed by atoms with Crippen LogP contribution in [0, 0.1) is 0 Å². The number of hydrogen-bond donors (Lipinski definition) is 3. The van der Waals surface area contributed by atoms with Crippen molar-refractivity contribution < 1.29 is 9.59 Å². The number of rotatable bonds is 4. The lowest BCUT2D eigenvalue weighted by atomic mass is 9.95. The Balaban J connectivity index is 2.05. The van der Waals surface area contributed by atoms with Crippen molar-refractivity contribution in [3.05, 3.63) is 29.8 Å². The predicted octanol–water partition coefficient (Wildman–Crippen LogP) is 0.163. The number of amides is 2. The first-order chi connectivity index (χ1) is 8.58. The van der Waals surface area contributed by atoms with Crippen LogP contribution in [0.25, 0.3) is 0 Å². The molecule has 1 fully saturated rings. The molecule has 5 nitrogen and oxygen atoms in total. The Morgan fingerprint density at radius 1 is 1.28 bits per heavy atom. The molecular formula is C13H17N3O2. The summed E-state index contributed by atoms with van der Waals surface area (Å²) in [6.45, 7) is 0.0199. The third-order valence-electron chi connectivity index (χ3n) is 3.34. The van der Waals surface area contributed by atoms with Crippen LogP contribution in [0.1, 0.15) is 18.4 Å². The Morgan fingerprint density at radius 3 is 2.39 bits per heavy atom. The Morgan fingerprint density at radius 2 is 1.89 bits per heavy atom. The highest BCUT2D eigenvalue weighted by atomic mass is 16.2. The van der Waals surface area contributed by atoms with E-state index in [-0.39, 0.29) is 18.4 Å². The number of nitrogen functional groups attached to an aromatic ring is 1. The number of benzene rings is 1. The number of anilines is 1. The van der Waals surface area contributed by atoms with E-state index in [9.17, 15) is 9.59 Å². The fourth-order valence-corrected chi connectivity index (χ4v) is 1.99. The number of nitrogens with two attached hydrogens (primary N) is 1. The van der Waals surface area contributed by atoms with Gasteiger partial charge in [0.1, 0.15) is 0 Å². The molecule has 0 aromatic heterocycles. The van der Waals surface area contributed by atoms with Gasteiger partial charge in [-0.1, -0.05) is 12.1 Å². The van der Waals surface area contributed by atoms with Crippen LogP contribution < -0.4 is 16.4 Å². The first-order valence-corrected chi connectivity index (χ1v) is 5.93. The van der Waals surface area contributed by atoms with Gasteiger partial charge in [0.05, 0.1) is 12.0 Å². The van der Waals surface area contributed by atoms with Gasteiger partial charge in [0, 0.05) is 12.7 Å². The maximum Gasteiger partial charge on any atom is 0.239 e. The molecule has 2 amide bonds. The first kappa shape index (κ1) is 12.4. The number of likely N-dealkylation sites (N-methyl/N-ethyl adjacent to an activating group) is 1. The molecule has 1 aromatic carbocycles. The molecule has 1 aliphatic rings. The maximum absolute atomic E-state index is 12.1. The van der Waals surface area contributed by atoms with Crippen molar-refractivity contribution in [1.82, 2.24) is 10.6 Å². The van der Waals surface area contributed by atoms with Crippen LogP contribution in [-0.4, -0.2) is 25.4 Å². The largest absolute Gasteiger partial charge is 0.399 e. The van der Waals surface area contributed by atoms with Crippen molar-refractivity contribution in [3.8, 4) is 0 Å². The van der Waals surface area contributed by atoms with Gasteiger partial charge >= 0.3 is 0 Å². The summed E-state index contributed by atoms with van der Waals surface area (Å²) in [7, 11) is 1.54. The number of nitrogens with one attached hydrogen (secondary N) is 2. The molecular weight excluding hydrogens is 230 g/mol. The normalized spacial score (nSPS) is 15.8. The summed E-state index contributed by atoms with van der Waals surface area (Å²) >= 11 is 0. The minimum atomic E-state index is -0.457. The van der Waals surface area contributed by atoms with E-state index in [0.29, 0.717) is 5.69 Å². The van der Waals surface area contributed by atoms with E-state index in [1.165, 1.54) is 0 Å². The van der Waals surface area contributed by atoms with E-state index in [1.807, 2.05) is 12.1 Å². The van der Waals surface area contributed by atoms with E-state index in [4.69, 9.17) is 5.73 Å². The number of hydrogen-bond acceptors (Lipinski definition) is 3. The molecule has 2 rings (SSSR count). The summed E-state index contributed by atoms with van der Waals surface area (Å²) in [6.07, 6.45) is 1.63. The Kier molecular flexibility index (Phi) is 3.23. The fourth-order valence-electron chi connectivity index (χ4n) is 1.99. The van der Waals surface area contributed by atoms with Gasteiger partial charge in [0.2, 0.25) is 11.8 Å². The van der Waals surface area contributed by atoms with Gasteiger partial charge in [-0.05, 0) is 30.5 Å². The average Bonchev–Trinajstić information content (AvgIpc) is 3.17. The Bertz CT molecular complexity index is 464.